The Hall–Kier alpha value is -2.75. The molecule has 0 amide bonds. The van der Waals surface area contributed by atoms with Crippen LogP contribution in [0.25, 0.3) is 0 Å². The van der Waals surface area contributed by atoms with Gasteiger partial charge in [0.15, 0.2) is 6.10 Å². The molecule has 0 fully saturated rings. The Kier molecular flexibility index (Phi) is 45.6. The highest BCUT2D eigenvalue weighted by molar-refractivity contribution is 7.47. The second-order valence-electron chi connectivity index (χ2n) is 16.4. The van der Waals surface area contributed by atoms with Crippen LogP contribution in [0, 0.1) is 47.4 Å². The van der Waals surface area contributed by atoms with Gasteiger partial charge in [-0.1, -0.05) is 179 Å². The minimum Gasteiger partial charge on any atom is -0.462 e. The molecule has 0 aromatic heterocycles. The minimum absolute atomic E-state index is 0.163. The van der Waals surface area contributed by atoms with Crippen LogP contribution < -0.4 is 0 Å². The maximum absolute atomic E-state index is 12.6. The molecule has 0 saturated heterocycles. The van der Waals surface area contributed by atoms with E-state index in [0.717, 1.165) is 96.3 Å². The zero-order chi connectivity index (χ0) is 45.3. The van der Waals surface area contributed by atoms with Gasteiger partial charge in [-0.05, 0) is 68.6 Å². The summed E-state index contributed by atoms with van der Waals surface area (Å²) in [6.07, 6.45) is 35.4. The molecule has 0 aliphatic heterocycles. The Morgan fingerprint density at radius 2 is 0.823 bits per heavy atom. The number of hydrogen-bond donors (Lipinski definition) is 2. The van der Waals surface area contributed by atoms with Crippen LogP contribution >= 0.6 is 7.82 Å². The third kappa shape index (κ3) is 46.7. The summed E-state index contributed by atoms with van der Waals surface area (Å²) in [4.78, 5) is 35.1. The molecule has 0 aliphatic rings. The summed E-state index contributed by atoms with van der Waals surface area (Å²) in [7, 11) is -4.45. The van der Waals surface area contributed by atoms with Gasteiger partial charge in [0.25, 0.3) is 0 Å². The average Bonchev–Trinajstić information content (AvgIpc) is 3.26. The van der Waals surface area contributed by atoms with E-state index < -0.39 is 32.5 Å². The Bertz CT molecular complexity index is 1370. The Morgan fingerprint density at radius 3 is 1.21 bits per heavy atom. The van der Waals surface area contributed by atoms with Crippen LogP contribution in [0.5, 0.6) is 0 Å². The van der Waals surface area contributed by atoms with Crippen molar-refractivity contribution in [3.8, 4) is 47.4 Å². The maximum atomic E-state index is 12.6. The van der Waals surface area contributed by atoms with Gasteiger partial charge >= 0.3 is 19.8 Å². The summed E-state index contributed by atoms with van der Waals surface area (Å²) in [6, 6.07) is 0. The fraction of sp³-hybridized carbons (Fsp3) is 0.808. The highest BCUT2D eigenvalue weighted by Crippen LogP contribution is 2.43. The van der Waals surface area contributed by atoms with Crippen LogP contribution in [0.4, 0.5) is 0 Å². The van der Waals surface area contributed by atoms with E-state index in [0.29, 0.717) is 12.8 Å². The molecule has 0 bridgehead atoms. The van der Waals surface area contributed by atoms with Gasteiger partial charge < -0.3 is 19.5 Å². The molecule has 10 heteroatoms. The van der Waals surface area contributed by atoms with Crippen LogP contribution in [0.2, 0.25) is 0 Å². The molecule has 0 aliphatic carbocycles. The molecule has 2 atom stereocenters. The third-order valence-corrected chi connectivity index (χ3v) is 11.3. The van der Waals surface area contributed by atoms with Crippen molar-refractivity contribution >= 4 is 19.8 Å². The monoisotopic (exact) mass is 887 g/mol. The van der Waals surface area contributed by atoms with E-state index in [2.05, 4.69) is 61.2 Å². The number of phosphoric ester groups is 1. The first-order chi connectivity index (χ1) is 30.3. The SMILES string of the molecule is CCCCCCCCCCC#CC#CCCCCCCCCC(=O)OCC(COP(=O)(O)OCCCO)OC(=O)CCCCCCCCC#CC#CCCCCCCCCCC. The minimum atomic E-state index is -4.45. The fourth-order valence-corrected chi connectivity index (χ4v) is 7.37. The summed E-state index contributed by atoms with van der Waals surface area (Å²) in [5.74, 6) is 23.7. The summed E-state index contributed by atoms with van der Waals surface area (Å²) in [5.41, 5.74) is 0. The zero-order valence-corrected chi connectivity index (χ0v) is 40.2. The van der Waals surface area contributed by atoms with E-state index in [1.165, 1.54) is 96.3 Å². The van der Waals surface area contributed by atoms with Gasteiger partial charge in [0.05, 0.1) is 13.2 Å². The number of unbranched alkanes of at least 4 members (excludes halogenated alkanes) is 28. The molecular formula is C52H87O9P. The first-order valence-electron chi connectivity index (χ1n) is 24.8. The highest BCUT2D eigenvalue weighted by atomic mass is 31.2. The number of hydrogen-bond acceptors (Lipinski definition) is 8. The largest absolute Gasteiger partial charge is 0.472 e. The summed E-state index contributed by atoms with van der Waals surface area (Å²) in [6.45, 7) is 3.35. The number of carbonyl (C=O) groups is 2. The van der Waals surface area contributed by atoms with Gasteiger partial charge in [0, 0.05) is 45.1 Å². The fourth-order valence-electron chi connectivity index (χ4n) is 6.58. The summed E-state index contributed by atoms with van der Waals surface area (Å²) >= 11 is 0. The van der Waals surface area contributed by atoms with Crippen molar-refractivity contribution in [2.24, 2.45) is 0 Å². The number of aliphatic hydroxyl groups excluding tert-OH is 1. The molecule has 2 unspecified atom stereocenters. The van der Waals surface area contributed by atoms with Gasteiger partial charge in [-0.2, -0.15) is 0 Å². The van der Waals surface area contributed by atoms with E-state index in [-0.39, 0.29) is 39.1 Å². The molecule has 62 heavy (non-hydrogen) atoms. The van der Waals surface area contributed by atoms with Crippen molar-refractivity contribution in [1.82, 2.24) is 0 Å². The lowest BCUT2D eigenvalue weighted by Gasteiger charge is -2.20. The van der Waals surface area contributed by atoms with Crippen molar-refractivity contribution < 1.29 is 42.7 Å². The van der Waals surface area contributed by atoms with Gasteiger partial charge in [-0.3, -0.25) is 18.6 Å². The van der Waals surface area contributed by atoms with Gasteiger partial charge in [-0.15, -0.1) is 0 Å². The quantitative estimate of drug-likeness (QED) is 0.0266. The predicted molar refractivity (Wildman–Crippen MR) is 254 cm³/mol. The molecule has 0 heterocycles. The maximum Gasteiger partial charge on any atom is 0.472 e. The normalized spacial score (nSPS) is 12.0. The van der Waals surface area contributed by atoms with Gasteiger partial charge in [-0.25, -0.2) is 4.57 Å². The Labute approximate surface area is 379 Å². The lowest BCUT2D eigenvalue weighted by Crippen LogP contribution is -2.29. The van der Waals surface area contributed by atoms with E-state index in [1.807, 2.05) is 0 Å². The average molecular weight is 887 g/mol. The number of carbonyl (C=O) groups excluding carboxylic acids is 2. The van der Waals surface area contributed by atoms with Crippen LogP contribution in [0.15, 0.2) is 0 Å². The molecule has 0 rings (SSSR count). The van der Waals surface area contributed by atoms with E-state index in [4.69, 9.17) is 23.6 Å². The summed E-state index contributed by atoms with van der Waals surface area (Å²) in [5, 5.41) is 8.92. The van der Waals surface area contributed by atoms with Crippen molar-refractivity contribution in [1.29, 1.82) is 0 Å². The topological polar surface area (TPSA) is 129 Å². The van der Waals surface area contributed by atoms with Crippen LogP contribution in [-0.2, 0) is 32.7 Å². The second-order valence-corrected chi connectivity index (χ2v) is 17.8. The van der Waals surface area contributed by atoms with Gasteiger partial charge in [0.1, 0.15) is 6.61 Å². The van der Waals surface area contributed by atoms with Gasteiger partial charge in [0.2, 0.25) is 0 Å². The molecule has 0 saturated carbocycles. The highest BCUT2D eigenvalue weighted by Gasteiger charge is 2.26. The second kappa shape index (κ2) is 47.7. The molecule has 2 N–H and O–H groups in total. The smallest absolute Gasteiger partial charge is 0.462 e. The number of phosphoric acid groups is 1. The van der Waals surface area contributed by atoms with Crippen molar-refractivity contribution in [3.63, 3.8) is 0 Å². The molecular weight excluding hydrogens is 800 g/mol. The standard InChI is InChI=1S/C52H87O9P/c1-3-5-7-9-11-13-15-17-19-21-23-25-27-29-31-33-35-37-39-41-44-51(54)58-48-50(49-60-62(56,57)59-47-43-46-53)61-52(55)45-42-40-38-36-34-32-30-28-26-24-22-20-18-16-14-12-10-8-6-4-2/h50,53H,3-20,29-49H2,1-2H3,(H,56,57). The molecule has 354 valence electrons. The Balaban J connectivity index is 4.23. The van der Waals surface area contributed by atoms with Crippen LogP contribution in [0.1, 0.15) is 239 Å². The van der Waals surface area contributed by atoms with Crippen molar-refractivity contribution in [3.05, 3.63) is 0 Å². The third-order valence-electron chi connectivity index (χ3n) is 10.4. The van der Waals surface area contributed by atoms with Crippen molar-refractivity contribution in [2.75, 3.05) is 26.4 Å². The molecule has 0 radical (unpaired) electrons. The molecule has 9 nitrogen and oxygen atoms in total. The first kappa shape index (κ1) is 59.2. The lowest BCUT2D eigenvalue weighted by molar-refractivity contribution is -0.161. The van der Waals surface area contributed by atoms with E-state index in [1.54, 1.807) is 0 Å². The number of esters is 2. The molecule has 0 aromatic carbocycles. The first-order valence-corrected chi connectivity index (χ1v) is 26.3. The number of rotatable bonds is 42. The summed E-state index contributed by atoms with van der Waals surface area (Å²) < 4.78 is 33.0. The van der Waals surface area contributed by atoms with Crippen LogP contribution in [0.3, 0.4) is 0 Å². The van der Waals surface area contributed by atoms with Crippen molar-refractivity contribution in [2.45, 2.75) is 245 Å². The molecule has 0 aromatic rings. The van der Waals surface area contributed by atoms with E-state index in [9.17, 15) is 19.0 Å². The zero-order valence-electron chi connectivity index (χ0n) is 39.4. The number of ether oxygens (including phenoxy) is 2. The van der Waals surface area contributed by atoms with E-state index >= 15 is 0 Å². The lowest BCUT2D eigenvalue weighted by atomic mass is 10.1. The predicted octanol–water partition coefficient (Wildman–Crippen LogP) is 13.3. The van der Waals surface area contributed by atoms with Crippen LogP contribution in [-0.4, -0.2) is 54.5 Å². The Morgan fingerprint density at radius 1 is 0.468 bits per heavy atom. The number of aliphatic hydroxyl groups is 1. The molecule has 0 spiro atoms.